The van der Waals surface area contributed by atoms with E-state index in [1.54, 1.807) is 18.6 Å². The molecule has 168 valence electrons. The van der Waals surface area contributed by atoms with Gasteiger partial charge in [0.05, 0.1) is 17.8 Å². The van der Waals surface area contributed by atoms with Crippen LogP contribution in [0, 0.1) is 5.92 Å². The van der Waals surface area contributed by atoms with Gasteiger partial charge in [-0.2, -0.15) is 11.8 Å². The first kappa shape index (κ1) is 23.9. The van der Waals surface area contributed by atoms with E-state index in [2.05, 4.69) is 4.98 Å². The first-order valence-electron chi connectivity index (χ1n) is 10.4. The molecule has 1 aliphatic rings. The molecule has 0 aliphatic heterocycles. The Morgan fingerprint density at radius 3 is 2.53 bits per heavy atom. The van der Waals surface area contributed by atoms with E-state index in [-0.39, 0.29) is 18.8 Å². The molecule has 32 heavy (non-hydrogen) atoms. The molecule has 1 aromatic heterocycles. The average molecular weight is 453 g/mol. The monoisotopic (exact) mass is 452 g/mol. The smallest absolute Gasteiger partial charge is 0.320 e. The van der Waals surface area contributed by atoms with Gasteiger partial charge in [-0.3, -0.25) is 14.6 Å². The summed E-state index contributed by atoms with van der Waals surface area (Å²) in [5.74, 6) is -2.30. The van der Waals surface area contributed by atoms with Crippen LogP contribution in [0.5, 0.6) is 0 Å². The number of aliphatic carboxylic acids is 1. The summed E-state index contributed by atoms with van der Waals surface area (Å²) >= 11 is 1.30. The number of aliphatic hydroxyl groups excluding tert-OH is 1. The minimum Gasteiger partial charge on any atom is -0.480 e. The summed E-state index contributed by atoms with van der Waals surface area (Å²) in [5, 5.41) is 19.2. The van der Waals surface area contributed by atoms with Crippen molar-refractivity contribution in [1.29, 1.82) is 0 Å². The highest BCUT2D eigenvalue weighted by molar-refractivity contribution is 7.99. The van der Waals surface area contributed by atoms with Crippen molar-refractivity contribution in [2.45, 2.75) is 29.0 Å². The van der Waals surface area contributed by atoms with Gasteiger partial charge in [-0.25, -0.2) is 0 Å². The largest absolute Gasteiger partial charge is 0.480 e. The number of hydrogen-bond acceptors (Lipinski definition) is 6. The fourth-order valence-electron chi connectivity index (χ4n) is 4.49. The molecule has 0 saturated heterocycles. The second kappa shape index (κ2) is 10.7. The van der Waals surface area contributed by atoms with Crippen LogP contribution in [0.25, 0.3) is 0 Å². The zero-order valence-corrected chi connectivity index (χ0v) is 18.7. The summed E-state index contributed by atoms with van der Waals surface area (Å²) in [4.78, 5) is 29.4. The van der Waals surface area contributed by atoms with Gasteiger partial charge in [0.15, 0.2) is 5.78 Å². The molecule has 0 radical (unpaired) electrons. The van der Waals surface area contributed by atoms with Crippen LogP contribution in [0.3, 0.4) is 0 Å². The summed E-state index contributed by atoms with van der Waals surface area (Å²) < 4.78 is 0. The fourth-order valence-corrected chi connectivity index (χ4v) is 5.27. The van der Waals surface area contributed by atoms with E-state index in [1.807, 2.05) is 66.8 Å². The Morgan fingerprint density at radius 2 is 1.94 bits per heavy atom. The van der Waals surface area contributed by atoms with Crippen molar-refractivity contribution in [3.8, 4) is 0 Å². The lowest BCUT2D eigenvalue weighted by atomic mass is 9.58. The van der Waals surface area contributed by atoms with Gasteiger partial charge < -0.3 is 15.9 Å². The van der Waals surface area contributed by atoms with Gasteiger partial charge in [-0.1, -0.05) is 60.7 Å². The molecule has 7 heteroatoms. The zero-order valence-electron chi connectivity index (χ0n) is 17.9. The number of pyridine rings is 1. The number of aromatic nitrogens is 1. The highest BCUT2D eigenvalue weighted by Crippen LogP contribution is 2.49. The van der Waals surface area contributed by atoms with E-state index in [9.17, 15) is 19.8 Å². The number of aliphatic hydroxyl groups is 1. The van der Waals surface area contributed by atoms with Crippen LogP contribution in [-0.2, 0) is 15.0 Å². The Balaban J connectivity index is 2.14. The molecule has 0 amide bonds. The number of carboxylic acid groups (broad SMARTS) is 1. The van der Waals surface area contributed by atoms with Crippen LogP contribution in [0.4, 0.5) is 0 Å². The number of nitrogens with zero attached hydrogens (tertiary/aromatic N) is 1. The maximum absolute atomic E-state index is 13.9. The number of ketones is 1. The second-order valence-corrected chi connectivity index (χ2v) is 8.89. The molecule has 1 aromatic carbocycles. The van der Waals surface area contributed by atoms with E-state index < -0.39 is 34.5 Å². The molecule has 0 bridgehead atoms. The summed E-state index contributed by atoms with van der Waals surface area (Å²) in [6, 6.07) is 12.2. The third kappa shape index (κ3) is 4.70. The molecule has 1 aliphatic carbocycles. The van der Waals surface area contributed by atoms with Crippen LogP contribution in [0.2, 0.25) is 0 Å². The van der Waals surface area contributed by atoms with E-state index in [1.165, 1.54) is 11.8 Å². The molecule has 0 spiro atoms. The Labute approximate surface area is 192 Å². The van der Waals surface area contributed by atoms with Gasteiger partial charge in [0, 0.05) is 23.7 Å². The van der Waals surface area contributed by atoms with E-state index in [4.69, 9.17) is 5.73 Å². The predicted octanol–water partition coefficient (Wildman–Crippen LogP) is 2.94. The number of carbonyl (C=O) groups excluding carboxylic acids is 1. The summed E-state index contributed by atoms with van der Waals surface area (Å²) in [6.07, 6.45) is 12.8. The zero-order chi connectivity index (χ0) is 23.1. The van der Waals surface area contributed by atoms with E-state index in [0.717, 1.165) is 11.1 Å². The number of allylic oxidation sites excluding steroid dienone is 4. The van der Waals surface area contributed by atoms with Crippen molar-refractivity contribution in [3.05, 3.63) is 90.3 Å². The van der Waals surface area contributed by atoms with Crippen LogP contribution in [-0.4, -0.2) is 51.1 Å². The molecule has 0 fully saturated rings. The lowest BCUT2D eigenvalue weighted by molar-refractivity contribution is -0.138. The molecule has 4 N–H and O–H groups in total. The Morgan fingerprint density at radius 1 is 1.19 bits per heavy atom. The lowest BCUT2D eigenvalue weighted by Gasteiger charge is -2.45. The van der Waals surface area contributed by atoms with E-state index in [0.29, 0.717) is 0 Å². The van der Waals surface area contributed by atoms with Gasteiger partial charge >= 0.3 is 5.97 Å². The molecule has 0 saturated carbocycles. The standard InChI is InChI=1S/C25H28N2O4S/c1-32-22(14-21(26)24(30)31)23(29)19-11-5-6-12-25(19,18-9-3-2-4-10-18)20(16-28)17-8-7-13-27-15-17/h2-13,15,19-22,28H,14,16,26H2,1H3,(H,30,31). The Bertz CT molecular complexity index is 980. The molecular weight excluding hydrogens is 424 g/mol. The topological polar surface area (TPSA) is 114 Å². The number of Topliss-reactive ketones (excluding diaryl/α,β-unsaturated/α-hetero) is 1. The number of rotatable bonds is 10. The highest BCUT2D eigenvalue weighted by Gasteiger charge is 2.49. The van der Waals surface area contributed by atoms with Crippen molar-refractivity contribution in [3.63, 3.8) is 0 Å². The van der Waals surface area contributed by atoms with E-state index >= 15 is 0 Å². The summed E-state index contributed by atoms with van der Waals surface area (Å²) in [5.41, 5.74) is 6.61. The fraction of sp³-hybridized carbons (Fsp3) is 0.320. The number of benzene rings is 1. The third-order valence-corrected chi connectivity index (χ3v) is 7.11. The van der Waals surface area contributed by atoms with Gasteiger partial charge in [0.25, 0.3) is 0 Å². The first-order valence-corrected chi connectivity index (χ1v) is 11.7. The maximum Gasteiger partial charge on any atom is 0.320 e. The average Bonchev–Trinajstić information content (AvgIpc) is 2.83. The lowest BCUT2D eigenvalue weighted by Crippen LogP contribution is -2.48. The molecule has 6 nitrogen and oxygen atoms in total. The van der Waals surface area contributed by atoms with Crippen LogP contribution < -0.4 is 5.73 Å². The maximum atomic E-state index is 13.9. The van der Waals surface area contributed by atoms with Gasteiger partial charge in [-0.05, 0) is 29.9 Å². The minimum atomic E-state index is -1.13. The predicted molar refractivity (Wildman–Crippen MR) is 126 cm³/mol. The van der Waals surface area contributed by atoms with Crippen LogP contribution in [0.15, 0.2) is 79.2 Å². The van der Waals surface area contributed by atoms with Crippen molar-refractivity contribution < 1.29 is 19.8 Å². The van der Waals surface area contributed by atoms with Crippen molar-refractivity contribution in [2.75, 3.05) is 12.9 Å². The third-order valence-electron chi connectivity index (χ3n) is 6.11. The Kier molecular flexibility index (Phi) is 8.01. The molecule has 1 heterocycles. The number of nitrogens with two attached hydrogens (primary N) is 1. The quantitative estimate of drug-likeness (QED) is 0.508. The molecule has 3 rings (SSSR count). The highest BCUT2D eigenvalue weighted by atomic mass is 32.2. The Hall–Kier alpha value is -2.74. The van der Waals surface area contributed by atoms with Gasteiger partial charge in [0.2, 0.25) is 0 Å². The second-order valence-electron chi connectivity index (χ2n) is 7.85. The SMILES string of the molecule is CSC(CC(N)C(=O)O)C(=O)C1C=CC=CC1(c1ccccc1)C(CO)c1cccnc1. The normalized spacial score (nSPS) is 22.8. The van der Waals surface area contributed by atoms with Crippen molar-refractivity contribution >= 4 is 23.5 Å². The minimum absolute atomic E-state index is 0.0327. The number of carboxylic acids is 1. The van der Waals surface area contributed by atoms with Gasteiger partial charge in [-0.15, -0.1) is 0 Å². The summed E-state index contributed by atoms with van der Waals surface area (Å²) in [6.45, 7) is -0.193. The first-order chi connectivity index (χ1) is 15.5. The van der Waals surface area contributed by atoms with Crippen molar-refractivity contribution in [2.24, 2.45) is 11.7 Å². The number of carbonyl (C=O) groups is 2. The number of thioether (sulfide) groups is 1. The summed E-state index contributed by atoms with van der Waals surface area (Å²) in [7, 11) is 0. The van der Waals surface area contributed by atoms with Crippen LogP contribution in [0.1, 0.15) is 23.5 Å². The molecule has 5 unspecified atom stereocenters. The van der Waals surface area contributed by atoms with Crippen LogP contribution >= 0.6 is 11.8 Å². The molecule has 2 aromatic rings. The molecule has 5 atom stereocenters. The number of hydrogen-bond donors (Lipinski definition) is 3. The van der Waals surface area contributed by atoms with Crippen molar-refractivity contribution in [1.82, 2.24) is 4.98 Å². The van der Waals surface area contributed by atoms with Gasteiger partial charge in [0.1, 0.15) is 6.04 Å². The molecular formula is C25H28N2O4S.